The Kier molecular flexibility index (Phi) is 6.61. The van der Waals surface area contributed by atoms with Gasteiger partial charge in [0.15, 0.2) is 0 Å². The zero-order valence-electron chi connectivity index (χ0n) is 16.5. The molecule has 0 aliphatic carbocycles. The summed E-state index contributed by atoms with van der Waals surface area (Å²) < 4.78 is 0. The summed E-state index contributed by atoms with van der Waals surface area (Å²) in [6.07, 6.45) is 0. The fourth-order valence-electron chi connectivity index (χ4n) is 2.82. The molecule has 1 heterocycles. The summed E-state index contributed by atoms with van der Waals surface area (Å²) in [5, 5.41) is 14.7. The van der Waals surface area contributed by atoms with Gasteiger partial charge in [-0.2, -0.15) is 0 Å². The number of hydrogen-bond acceptors (Lipinski definition) is 5. The van der Waals surface area contributed by atoms with Crippen LogP contribution in [0.1, 0.15) is 18.1 Å². The zero-order valence-corrected chi connectivity index (χ0v) is 17.3. The quantitative estimate of drug-likeness (QED) is 0.591. The van der Waals surface area contributed by atoms with Crippen molar-refractivity contribution in [2.45, 2.75) is 25.8 Å². The molecule has 0 saturated carbocycles. The summed E-state index contributed by atoms with van der Waals surface area (Å²) in [6.45, 7) is 5.56. The SMILES string of the molecule is CC(=O)Nc1ccc(NC(=O)CSc2ccc(-c3ccc(C)cc3C)nn2)cc1. The number of thioether (sulfide) groups is 1. The van der Waals surface area contributed by atoms with Crippen molar-refractivity contribution in [3.8, 4) is 11.3 Å². The lowest BCUT2D eigenvalue weighted by Crippen LogP contribution is -2.14. The number of hydrogen-bond donors (Lipinski definition) is 2. The van der Waals surface area contributed by atoms with Crippen molar-refractivity contribution >= 4 is 35.0 Å². The van der Waals surface area contributed by atoms with Crippen LogP contribution in [0, 0.1) is 13.8 Å². The summed E-state index contributed by atoms with van der Waals surface area (Å²) in [5.41, 5.74) is 5.59. The standard InChI is InChI=1S/C22H22N4O2S/c1-14-4-9-19(15(2)12-14)20-10-11-22(26-25-20)29-13-21(28)24-18-7-5-17(6-8-18)23-16(3)27/h4-12H,13H2,1-3H3,(H,23,27)(H,24,28). The van der Waals surface area contributed by atoms with E-state index in [0.717, 1.165) is 16.8 Å². The Balaban J connectivity index is 1.54. The van der Waals surface area contributed by atoms with E-state index in [1.807, 2.05) is 18.2 Å². The molecule has 1 aromatic heterocycles. The Hall–Kier alpha value is -3.19. The summed E-state index contributed by atoms with van der Waals surface area (Å²) in [5.74, 6) is -0.0456. The van der Waals surface area contributed by atoms with Crippen LogP contribution in [-0.4, -0.2) is 27.8 Å². The minimum Gasteiger partial charge on any atom is -0.326 e. The minimum absolute atomic E-state index is 0.136. The van der Waals surface area contributed by atoms with Gasteiger partial charge < -0.3 is 10.6 Å². The smallest absolute Gasteiger partial charge is 0.234 e. The number of nitrogens with zero attached hydrogens (tertiary/aromatic N) is 2. The largest absolute Gasteiger partial charge is 0.326 e. The maximum Gasteiger partial charge on any atom is 0.234 e. The zero-order chi connectivity index (χ0) is 20.8. The van der Waals surface area contributed by atoms with E-state index in [0.29, 0.717) is 16.4 Å². The molecule has 0 spiro atoms. The minimum atomic E-state index is -0.137. The van der Waals surface area contributed by atoms with Gasteiger partial charge in [-0.3, -0.25) is 9.59 Å². The normalized spacial score (nSPS) is 10.4. The van der Waals surface area contributed by atoms with Gasteiger partial charge in [-0.15, -0.1) is 10.2 Å². The van der Waals surface area contributed by atoms with Crippen LogP contribution in [0.4, 0.5) is 11.4 Å². The van der Waals surface area contributed by atoms with Crippen molar-refractivity contribution in [2.75, 3.05) is 16.4 Å². The molecular weight excluding hydrogens is 384 g/mol. The summed E-state index contributed by atoms with van der Waals surface area (Å²) in [6, 6.07) is 17.0. The molecule has 0 atom stereocenters. The van der Waals surface area contributed by atoms with Gasteiger partial charge in [0.2, 0.25) is 11.8 Å². The van der Waals surface area contributed by atoms with Crippen LogP contribution >= 0.6 is 11.8 Å². The third-order valence-corrected chi connectivity index (χ3v) is 5.06. The van der Waals surface area contributed by atoms with Crippen molar-refractivity contribution in [1.29, 1.82) is 0 Å². The molecule has 0 aliphatic heterocycles. The Morgan fingerprint density at radius 1 is 0.897 bits per heavy atom. The van der Waals surface area contributed by atoms with Crippen molar-refractivity contribution in [3.63, 3.8) is 0 Å². The molecule has 29 heavy (non-hydrogen) atoms. The lowest BCUT2D eigenvalue weighted by atomic mass is 10.0. The van der Waals surface area contributed by atoms with Gasteiger partial charge in [-0.05, 0) is 55.8 Å². The molecule has 0 saturated heterocycles. The highest BCUT2D eigenvalue weighted by Crippen LogP contribution is 2.24. The first-order valence-electron chi connectivity index (χ1n) is 9.12. The number of carbonyl (C=O) groups excluding carboxylic acids is 2. The number of anilines is 2. The molecular formula is C22H22N4O2S. The van der Waals surface area contributed by atoms with Crippen LogP contribution in [0.3, 0.4) is 0 Å². The van der Waals surface area contributed by atoms with Crippen LogP contribution in [0.25, 0.3) is 11.3 Å². The molecule has 2 amide bonds. The molecule has 0 aliphatic rings. The maximum absolute atomic E-state index is 12.2. The first kappa shape index (κ1) is 20.5. The highest BCUT2D eigenvalue weighted by molar-refractivity contribution is 7.99. The van der Waals surface area contributed by atoms with Crippen LogP contribution < -0.4 is 10.6 Å². The molecule has 3 aromatic rings. The highest BCUT2D eigenvalue weighted by Gasteiger charge is 2.08. The average molecular weight is 407 g/mol. The predicted octanol–water partition coefficient (Wildman–Crippen LogP) is 4.45. The topological polar surface area (TPSA) is 84.0 Å². The van der Waals surface area contributed by atoms with Crippen molar-refractivity contribution in [1.82, 2.24) is 10.2 Å². The van der Waals surface area contributed by atoms with Gasteiger partial charge in [0.05, 0.1) is 11.4 Å². The second-order valence-electron chi connectivity index (χ2n) is 6.67. The van der Waals surface area contributed by atoms with E-state index >= 15 is 0 Å². The lowest BCUT2D eigenvalue weighted by molar-refractivity contribution is -0.114. The molecule has 6 nitrogen and oxygen atoms in total. The first-order valence-corrected chi connectivity index (χ1v) is 10.1. The summed E-state index contributed by atoms with van der Waals surface area (Å²) in [7, 11) is 0. The number of carbonyl (C=O) groups is 2. The first-order chi connectivity index (χ1) is 13.9. The number of aryl methyl sites for hydroxylation is 2. The molecule has 2 aromatic carbocycles. The van der Waals surface area contributed by atoms with E-state index in [1.165, 1.54) is 24.2 Å². The van der Waals surface area contributed by atoms with Crippen molar-refractivity contribution in [2.24, 2.45) is 0 Å². The van der Waals surface area contributed by atoms with Crippen molar-refractivity contribution < 1.29 is 9.59 Å². The average Bonchev–Trinajstić information content (AvgIpc) is 2.68. The number of benzene rings is 2. The lowest BCUT2D eigenvalue weighted by Gasteiger charge is -2.08. The number of amides is 2. The Morgan fingerprint density at radius 2 is 1.59 bits per heavy atom. The molecule has 0 radical (unpaired) electrons. The third kappa shape index (κ3) is 5.89. The molecule has 7 heteroatoms. The van der Waals surface area contributed by atoms with E-state index in [4.69, 9.17) is 0 Å². The van der Waals surface area contributed by atoms with Gasteiger partial charge in [0, 0.05) is 23.9 Å². The van der Waals surface area contributed by atoms with Crippen LogP contribution in [-0.2, 0) is 9.59 Å². The van der Waals surface area contributed by atoms with Gasteiger partial charge in [0.25, 0.3) is 0 Å². The number of nitrogens with one attached hydrogen (secondary N) is 2. The molecule has 0 fully saturated rings. The van der Waals surface area contributed by atoms with Crippen LogP contribution in [0.5, 0.6) is 0 Å². The second kappa shape index (κ2) is 9.34. The van der Waals surface area contributed by atoms with E-state index < -0.39 is 0 Å². The fourth-order valence-corrected chi connectivity index (χ4v) is 3.43. The van der Waals surface area contributed by atoms with E-state index in [1.54, 1.807) is 24.3 Å². The molecule has 3 rings (SSSR count). The van der Waals surface area contributed by atoms with Crippen LogP contribution in [0.15, 0.2) is 59.6 Å². The fraction of sp³-hybridized carbons (Fsp3) is 0.182. The van der Waals surface area contributed by atoms with Crippen molar-refractivity contribution in [3.05, 3.63) is 65.7 Å². The molecule has 0 bridgehead atoms. The Labute approximate surface area is 174 Å². The predicted molar refractivity (Wildman–Crippen MR) is 117 cm³/mol. The molecule has 0 unspecified atom stereocenters. The Bertz CT molecular complexity index is 1020. The maximum atomic E-state index is 12.2. The van der Waals surface area contributed by atoms with Crippen LogP contribution in [0.2, 0.25) is 0 Å². The molecule has 2 N–H and O–H groups in total. The van der Waals surface area contributed by atoms with E-state index in [2.05, 4.69) is 46.8 Å². The van der Waals surface area contributed by atoms with Gasteiger partial charge in [-0.1, -0.05) is 35.5 Å². The highest BCUT2D eigenvalue weighted by atomic mass is 32.2. The number of rotatable bonds is 6. The monoisotopic (exact) mass is 406 g/mol. The van der Waals surface area contributed by atoms with Gasteiger partial charge >= 0.3 is 0 Å². The summed E-state index contributed by atoms with van der Waals surface area (Å²) >= 11 is 1.33. The van der Waals surface area contributed by atoms with E-state index in [9.17, 15) is 9.59 Å². The van der Waals surface area contributed by atoms with Gasteiger partial charge in [0.1, 0.15) is 5.03 Å². The molecule has 148 valence electrons. The summed E-state index contributed by atoms with van der Waals surface area (Å²) in [4.78, 5) is 23.2. The Morgan fingerprint density at radius 3 is 2.17 bits per heavy atom. The second-order valence-corrected chi connectivity index (χ2v) is 7.67. The number of aromatic nitrogens is 2. The van der Waals surface area contributed by atoms with Gasteiger partial charge in [-0.25, -0.2) is 0 Å². The van der Waals surface area contributed by atoms with E-state index in [-0.39, 0.29) is 17.6 Å². The third-order valence-electron chi connectivity index (χ3n) is 4.14.